The normalized spacial score (nSPS) is 13.8. The third-order valence-corrected chi connectivity index (χ3v) is 2.34. The van der Waals surface area contributed by atoms with Gasteiger partial charge in [-0.15, -0.1) is 0 Å². The van der Waals surface area contributed by atoms with Crippen LogP contribution < -0.4 is 5.32 Å². The molecule has 0 bridgehead atoms. The van der Waals surface area contributed by atoms with Gasteiger partial charge in [0.05, 0.1) is 6.61 Å². The first-order chi connectivity index (χ1) is 8.47. The van der Waals surface area contributed by atoms with Gasteiger partial charge in [-0.05, 0) is 6.07 Å². The lowest BCUT2D eigenvalue weighted by molar-refractivity contribution is -0.143. The largest absolute Gasteiger partial charge is 0.508 e. The molecule has 7 nitrogen and oxygen atoms in total. The maximum Gasteiger partial charge on any atom is 0.325 e. The molecule has 0 saturated heterocycles. The molecule has 0 saturated carbocycles. The zero-order valence-electron chi connectivity index (χ0n) is 9.28. The summed E-state index contributed by atoms with van der Waals surface area (Å²) in [6, 6.07) is 2.84. The highest BCUT2D eigenvalue weighted by Gasteiger charge is 2.28. The lowest BCUT2D eigenvalue weighted by Gasteiger charge is -2.19. The van der Waals surface area contributed by atoms with E-state index in [0.717, 1.165) is 0 Å². The van der Waals surface area contributed by atoms with Crippen molar-refractivity contribution in [2.45, 2.75) is 12.1 Å². The van der Waals surface area contributed by atoms with E-state index < -0.39 is 30.6 Å². The van der Waals surface area contributed by atoms with Gasteiger partial charge in [-0.25, -0.2) is 0 Å². The van der Waals surface area contributed by atoms with Crippen LogP contribution >= 0.6 is 0 Å². The van der Waals surface area contributed by atoms with E-state index in [1.165, 1.54) is 24.3 Å². The Hall–Kier alpha value is -2.12. The molecule has 7 heteroatoms. The van der Waals surface area contributed by atoms with Crippen LogP contribution in [0.3, 0.4) is 0 Å². The van der Waals surface area contributed by atoms with Crippen molar-refractivity contribution < 1.29 is 30.0 Å². The molecule has 0 radical (unpaired) electrons. The first-order valence-electron chi connectivity index (χ1n) is 5.07. The number of carboxylic acid groups (broad SMARTS) is 2. The lowest BCUT2D eigenvalue weighted by atomic mass is 10.0. The second-order valence-corrected chi connectivity index (χ2v) is 3.57. The van der Waals surface area contributed by atoms with Gasteiger partial charge in [0.25, 0.3) is 0 Å². The molecule has 0 heterocycles. The van der Waals surface area contributed by atoms with Crippen LogP contribution in [-0.2, 0) is 9.59 Å². The molecular formula is C11H13NO6. The van der Waals surface area contributed by atoms with Crippen molar-refractivity contribution >= 4 is 11.9 Å². The molecule has 1 aromatic carbocycles. The predicted molar refractivity (Wildman–Crippen MR) is 60.1 cm³/mol. The molecule has 0 aliphatic heterocycles. The minimum atomic E-state index is -1.43. The quantitative estimate of drug-likeness (QED) is 0.466. The minimum Gasteiger partial charge on any atom is -0.508 e. The number of aromatic hydroxyl groups is 1. The molecule has 18 heavy (non-hydrogen) atoms. The molecule has 0 fully saturated rings. The molecular weight excluding hydrogens is 242 g/mol. The number of para-hydroxylation sites is 1. The Balaban J connectivity index is 3.01. The fourth-order valence-electron chi connectivity index (χ4n) is 1.43. The molecule has 0 spiro atoms. The van der Waals surface area contributed by atoms with E-state index in [1.807, 2.05) is 0 Å². The summed E-state index contributed by atoms with van der Waals surface area (Å²) in [4.78, 5) is 21.8. The van der Waals surface area contributed by atoms with Crippen LogP contribution in [0.1, 0.15) is 11.6 Å². The van der Waals surface area contributed by atoms with E-state index in [-0.39, 0.29) is 11.3 Å². The number of aliphatic hydroxyl groups excluding tert-OH is 1. The topological polar surface area (TPSA) is 127 Å². The molecule has 0 amide bonds. The van der Waals surface area contributed by atoms with E-state index >= 15 is 0 Å². The van der Waals surface area contributed by atoms with Crippen molar-refractivity contribution in [1.82, 2.24) is 5.32 Å². The highest BCUT2D eigenvalue weighted by molar-refractivity contribution is 5.79. The van der Waals surface area contributed by atoms with Gasteiger partial charge < -0.3 is 20.4 Å². The maximum atomic E-state index is 11.1. The van der Waals surface area contributed by atoms with Crippen molar-refractivity contribution in [1.29, 1.82) is 0 Å². The number of nitrogens with one attached hydrogen (secondary N) is 1. The molecule has 1 rings (SSSR count). The number of carboxylic acids is 2. The summed E-state index contributed by atoms with van der Waals surface area (Å²) in [5.74, 6) is -2.99. The van der Waals surface area contributed by atoms with E-state index in [1.54, 1.807) is 0 Å². The van der Waals surface area contributed by atoms with Crippen LogP contribution in [0.4, 0.5) is 0 Å². The first kappa shape index (κ1) is 13.9. The van der Waals surface area contributed by atoms with Gasteiger partial charge in [0, 0.05) is 5.56 Å². The summed E-state index contributed by atoms with van der Waals surface area (Å²) < 4.78 is 0. The van der Waals surface area contributed by atoms with Crippen molar-refractivity contribution in [3.8, 4) is 5.75 Å². The molecule has 0 aromatic heterocycles. The number of phenolic OH excluding ortho intramolecular Hbond substituents is 1. The van der Waals surface area contributed by atoms with E-state index in [9.17, 15) is 14.7 Å². The Morgan fingerprint density at radius 3 is 2.22 bits per heavy atom. The number of phenols is 1. The summed E-state index contributed by atoms with van der Waals surface area (Å²) in [5.41, 5.74) is 0.0321. The molecule has 0 aliphatic carbocycles. The molecule has 98 valence electrons. The monoisotopic (exact) mass is 255 g/mol. The highest BCUT2D eigenvalue weighted by atomic mass is 16.4. The van der Waals surface area contributed by atoms with Crippen molar-refractivity contribution in [2.75, 3.05) is 6.61 Å². The average Bonchev–Trinajstić information content (AvgIpc) is 2.31. The van der Waals surface area contributed by atoms with Crippen LogP contribution in [0.5, 0.6) is 5.75 Å². The van der Waals surface area contributed by atoms with Gasteiger partial charge in [-0.2, -0.15) is 0 Å². The fraction of sp³-hybridized carbons (Fsp3) is 0.273. The maximum absolute atomic E-state index is 11.1. The van der Waals surface area contributed by atoms with Crippen LogP contribution in [0.2, 0.25) is 0 Å². The zero-order valence-corrected chi connectivity index (χ0v) is 9.28. The number of rotatable bonds is 6. The summed E-state index contributed by atoms with van der Waals surface area (Å²) >= 11 is 0. The van der Waals surface area contributed by atoms with Crippen LogP contribution in [0.25, 0.3) is 0 Å². The predicted octanol–water partition coefficient (Wildman–Crippen LogP) is -0.447. The number of aliphatic carboxylic acids is 2. The third-order valence-electron chi connectivity index (χ3n) is 2.34. The smallest absolute Gasteiger partial charge is 0.325 e. The van der Waals surface area contributed by atoms with E-state index in [2.05, 4.69) is 5.32 Å². The van der Waals surface area contributed by atoms with Crippen molar-refractivity contribution in [3.63, 3.8) is 0 Å². The Kier molecular flexibility index (Phi) is 4.64. The highest BCUT2D eigenvalue weighted by Crippen LogP contribution is 2.24. The number of hydrogen-bond acceptors (Lipinski definition) is 5. The Morgan fingerprint density at radius 2 is 1.78 bits per heavy atom. The Morgan fingerprint density at radius 1 is 1.17 bits per heavy atom. The standard InChI is InChI=1S/C11H13NO6/c13-5-7(10(15)16)12-9(11(17)18)6-3-1-2-4-8(6)14/h1-4,7,9,12-14H,5H2,(H,15,16)(H,17,18). The van der Waals surface area contributed by atoms with Gasteiger partial charge in [0.1, 0.15) is 17.8 Å². The molecule has 1 aromatic rings. The summed E-state index contributed by atoms with van der Waals surface area (Å²) in [6.45, 7) is -0.757. The molecule has 0 aliphatic rings. The first-order valence-corrected chi connectivity index (χ1v) is 5.07. The fourth-order valence-corrected chi connectivity index (χ4v) is 1.43. The number of hydrogen-bond donors (Lipinski definition) is 5. The summed E-state index contributed by atoms with van der Waals surface area (Å²) in [5, 5.41) is 38.4. The summed E-state index contributed by atoms with van der Waals surface area (Å²) in [6.07, 6.45) is 0. The minimum absolute atomic E-state index is 0.0321. The third kappa shape index (κ3) is 3.19. The van der Waals surface area contributed by atoms with Gasteiger partial charge >= 0.3 is 11.9 Å². The van der Waals surface area contributed by atoms with E-state index in [0.29, 0.717) is 0 Å². The SMILES string of the molecule is O=C(O)C(CO)NC(C(=O)O)c1ccccc1O. The van der Waals surface area contributed by atoms with Crippen molar-refractivity contribution in [2.24, 2.45) is 0 Å². The van der Waals surface area contributed by atoms with Crippen molar-refractivity contribution in [3.05, 3.63) is 29.8 Å². The van der Waals surface area contributed by atoms with Crippen LogP contribution in [0.15, 0.2) is 24.3 Å². The Bertz CT molecular complexity index is 447. The average molecular weight is 255 g/mol. The number of benzene rings is 1. The second-order valence-electron chi connectivity index (χ2n) is 3.57. The number of aliphatic hydroxyl groups is 1. The van der Waals surface area contributed by atoms with Crippen LogP contribution in [-0.4, -0.2) is 45.0 Å². The van der Waals surface area contributed by atoms with Gasteiger partial charge in [-0.1, -0.05) is 18.2 Å². The van der Waals surface area contributed by atoms with Gasteiger partial charge in [0.15, 0.2) is 0 Å². The number of carbonyl (C=O) groups is 2. The van der Waals surface area contributed by atoms with E-state index in [4.69, 9.17) is 15.3 Å². The van der Waals surface area contributed by atoms with Crippen LogP contribution in [0, 0.1) is 0 Å². The molecule has 2 atom stereocenters. The molecule has 5 N–H and O–H groups in total. The summed E-state index contributed by atoms with van der Waals surface area (Å²) in [7, 11) is 0. The lowest BCUT2D eigenvalue weighted by Crippen LogP contribution is -2.44. The zero-order chi connectivity index (χ0) is 13.7. The van der Waals surface area contributed by atoms with Gasteiger partial charge in [-0.3, -0.25) is 14.9 Å². The Labute approximate surface area is 102 Å². The molecule has 2 unspecified atom stereocenters. The second kappa shape index (κ2) is 5.99. The van der Waals surface area contributed by atoms with Gasteiger partial charge in [0.2, 0.25) is 0 Å².